The summed E-state index contributed by atoms with van der Waals surface area (Å²) in [6, 6.07) is 15.2. The van der Waals surface area contributed by atoms with Gasteiger partial charge in [-0.05, 0) is 36.1 Å². The highest BCUT2D eigenvalue weighted by molar-refractivity contribution is 5.81. The quantitative estimate of drug-likeness (QED) is 0.855. The van der Waals surface area contributed by atoms with E-state index >= 15 is 0 Å². The van der Waals surface area contributed by atoms with Gasteiger partial charge in [-0.15, -0.1) is 0 Å². The van der Waals surface area contributed by atoms with Crippen molar-refractivity contribution in [2.75, 3.05) is 13.3 Å². The highest BCUT2D eigenvalue weighted by atomic mass is 16.7. The van der Waals surface area contributed by atoms with Gasteiger partial charge in [0.2, 0.25) is 12.7 Å². The maximum atomic E-state index is 11.9. The fraction of sp³-hybridized carbons (Fsp3) is 0.316. The average Bonchev–Trinajstić information content (AvgIpc) is 3.24. The second-order valence-electron chi connectivity index (χ2n) is 6.48. The van der Waals surface area contributed by atoms with Crippen molar-refractivity contribution in [3.8, 4) is 11.5 Å². The van der Waals surface area contributed by atoms with Crippen LogP contribution in [0.25, 0.3) is 0 Å². The van der Waals surface area contributed by atoms with Crippen molar-refractivity contribution in [3.05, 3.63) is 59.7 Å². The summed E-state index contributed by atoms with van der Waals surface area (Å²) in [5, 5.41) is 3.36. The first-order chi connectivity index (χ1) is 11.7. The molecule has 0 saturated heterocycles. The highest BCUT2D eigenvalue weighted by Gasteiger charge is 2.45. The van der Waals surface area contributed by atoms with Crippen LogP contribution in [0.5, 0.6) is 11.5 Å². The van der Waals surface area contributed by atoms with Crippen LogP contribution in [-0.4, -0.2) is 19.2 Å². The summed E-state index contributed by atoms with van der Waals surface area (Å²) in [4.78, 5) is 11.9. The van der Waals surface area contributed by atoms with Crippen molar-refractivity contribution < 1.29 is 14.3 Å². The number of rotatable bonds is 6. The molecule has 1 amide bonds. The molecule has 4 rings (SSSR count). The van der Waals surface area contributed by atoms with E-state index in [1.54, 1.807) is 0 Å². The number of ether oxygens (including phenoxy) is 2. The van der Waals surface area contributed by atoms with Crippen molar-refractivity contribution in [2.24, 2.45) is 5.73 Å². The molecule has 0 aromatic heterocycles. The third kappa shape index (κ3) is 2.71. The number of primary amides is 1. The first-order valence-corrected chi connectivity index (χ1v) is 8.16. The van der Waals surface area contributed by atoms with Crippen molar-refractivity contribution >= 4 is 5.91 Å². The lowest BCUT2D eigenvalue weighted by Crippen LogP contribution is -2.38. The smallest absolute Gasteiger partial charge is 0.239 e. The Morgan fingerprint density at radius 1 is 1.12 bits per heavy atom. The number of carbonyl (C=O) groups excluding carboxylic acids is 1. The lowest BCUT2D eigenvalue weighted by molar-refractivity contribution is -0.120. The van der Waals surface area contributed by atoms with E-state index in [-0.39, 0.29) is 18.1 Å². The van der Waals surface area contributed by atoms with E-state index in [4.69, 9.17) is 15.2 Å². The summed E-state index contributed by atoms with van der Waals surface area (Å²) in [5.41, 5.74) is 7.75. The molecular formula is C19H20N2O3. The standard InChI is InChI=1S/C19H20N2O3/c20-18(22)17(13-4-2-1-3-5-13)21-11-19(8-9-19)14-6-7-15-16(10-14)24-12-23-15/h1-7,10,17,21H,8-9,11-12H2,(H2,20,22)/t17-/m0/s1. The molecule has 5 nitrogen and oxygen atoms in total. The molecular weight excluding hydrogens is 304 g/mol. The van der Waals surface area contributed by atoms with Crippen LogP contribution in [0.1, 0.15) is 30.0 Å². The number of benzene rings is 2. The first-order valence-electron chi connectivity index (χ1n) is 8.16. The minimum Gasteiger partial charge on any atom is -0.454 e. The summed E-state index contributed by atoms with van der Waals surface area (Å²) in [6.07, 6.45) is 2.17. The molecule has 24 heavy (non-hydrogen) atoms. The molecule has 2 aromatic carbocycles. The molecule has 0 spiro atoms. The van der Waals surface area contributed by atoms with E-state index in [1.807, 2.05) is 36.4 Å². The van der Waals surface area contributed by atoms with Crippen LogP contribution in [0.3, 0.4) is 0 Å². The van der Waals surface area contributed by atoms with Gasteiger partial charge in [0, 0.05) is 12.0 Å². The number of fused-ring (bicyclic) bond motifs is 1. The van der Waals surface area contributed by atoms with E-state index in [1.165, 1.54) is 5.56 Å². The lowest BCUT2D eigenvalue weighted by Gasteiger charge is -2.22. The molecule has 0 bridgehead atoms. The summed E-state index contributed by atoms with van der Waals surface area (Å²) in [7, 11) is 0. The molecule has 1 heterocycles. The Morgan fingerprint density at radius 3 is 2.58 bits per heavy atom. The van der Waals surface area contributed by atoms with Gasteiger partial charge < -0.3 is 20.5 Å². The monoisotopic (exact) mass is 324 g/mol. The molecule has 5 heteroatoms. The zero-order chi connectivity index (χ0) is 16.6. The fourth-order valence-corrected chi connectivity index (χ4v) is 3.27. The molecule has 1 atom stereocenters. The van der Waals surface area contributed by atoms with Crippen molar-refractivity contribution in [3.63, 3.8) is 0 Å². The summed E-state index contributed by atoms with van der Waals surface area (Å²) < 4.78 is 10.9. The molecule has 1 fully saturated rings. The van der Waals surface area contributed by atoms with Gasteiger partial charge in [-0.3, -0.25) is 4.79 Å². The van der Waals surface area contributed by atoms with E-state index < -0.39 is 6.04 Å². The molecule has 1 aliphatic carbocycles. The van der Waals surface area contributed by atoms with E-state index in [0.717, 1.165) is 29.9 Å². The van der Waals surface area contributed by atoms with Gasteiger partial charge >= 0.3 is 0 Å². The Bertz CT molecular complexity index is 756. The van der Waals surface area contributed by atoms with Crippen LogP contribution in [0, 0.1) is 0 Å². The molecule has 1 saturated carbocycles. The van der Waals surface area contributed by atoms with Crippen molar-refractivity contribution in [2.45, 2.75) is 24.3 Å². The van der Waals surface area contributed by atoms with Crippen LogP contribution in [0.2, 0.25) is 0 Å². The third-order valence-electron chi connectivity index (χ3n) is 4.90. The Labute approximate surface area is 140 Å². The van der Waals surface area contributed by atoms with Crippen LogP contribution in [0.15, 0.2) is 48.5 Å². The van der Waals surface area contributed by atoms with Crippen LogP contribution >= 0.6 is 0 Å². The van der Waals surface area contributed by atoms with E-state index in [2.05, 4.69) is 17.4 Å². The number of amides is 1. The fourth-order valence-electron chi connectivity index (χ4n) is 3.27. The Hall–Kier alpha value is -2.53. The van der Waals surface area contributed by atoms with Crippen LogP contribution in [0.4, 0.5) is 0 Å². The maximum Gasteiger partial charge on any atom is 0.239 e. The van der Waals surface area contributed by atoms with E-state index in [9.17, 15) is 4.79 Å². The number of carbonyl (C=O) groups is 1. The number of nitrogens with two attached hydrogens (primary N) is 1. The second kappa shape index (κ2) is 5.83. The Morgan fingerprint density at radius 2 is 1.88 bits per heavy atom. The molecule has 0 radical (unpaired) electrons. The van der Waals surface area contributed by atoms with E-state index in [0.29, 0.717) is 6.54 Å². The third-order valence-corrected chi connectivity index (χ3v) is 4.90. The van der Waals surface area contributed by atoms with Crippen molar-refractivity contribution in [1.82, 2.24) is 5.32 Å². The van der Waals surface area contributed by atoms with Crippen LogP contribution < -0.4 is 20.5 Å². The topological polar surface area (TPSA) is 73.6 Å². The summed E-state index contributed by atoms with van der Waals surface area (Å²) >= 11 is 0. The Balaban J connectivity index is 1.51. The number of hydrogen-bond donors (Lipinski definition) is 2. The molecule has 0 unspecified atom stereocenters. The van der Waals surface area contributed by atoms with Gasteiger partial charge in [0.1, 0.15) is 6.04 Å². The highest BCUT2D eigenvalue weighted by Crippen LogP contribution is 2.50. The first kappa shape index (κ1) is 15.0. The molecule has 3 N–H and O–H groups in total. The van der Waals surface area contributed by atoms with Gasteiger partial charge in [-0.1, -0.05) is 36.4 Å². The largest absolute Gasteiger partial charge is 0.454 e. The predicted octanol–water partition coefficient (Wildman–Crippen LogP) is 2.26. The van der Waals surface area contributed by atoms with Gasteiger partial charge in [0.25, 0.3) is 0 Å². The Kier molecular flexibility index (Phi) is 3.65. The minimum atomic E-state index is -0.474. The average molecular weight is 324 g/mol. The van der Waals surface area contributed by atoms with Gasteiger partial charge in [0.15, 0.2) is 11.5 Å². The van der Waals surface area contributed by atoms with Gasteiger partial charge in [-0.25, -0.2) is 0 Å². The number of nitrogens with one attached hydrogen (secondary N) is 1. The molecule has 1 aliphatic heterocycles. The SMILES string of the molecule is NC(=O)[C@@H](NCC1(c2ccc3c(c2)OCO3)CC1)c1ccccc1. The predicted molar refractivity (Wildman–Crippen MR) is 89.9 cm³/mol. The molecule has 2 aliphatic rings. The number of hydrogen-bond acceptors (Lipinski definition) is 4. The van der Waals surface area contributed by atoms with Crippen molar-refractivity contribution in [1.29, 1.82) is 0 Å². The zero-order valence-electron chi connectivity index (χ0n) is 13.3. The zero-order valence-corrected chi connectivity index (χ0v) is 13.3. The molecule has 2 aromatic rings. The lowest BCUT2D eigenvalue weighted by atomic mass is 9.94. The van der Waals surface area contributed by atoms with Gasteiger partial charge in [0.05, 0.1) is 0 Å². The van der Waals surface area contributed by atoms with Gasteiger partial charge in [-0.2, -0.15) is 0 Å². The molecule has 124 valence electrons. The van der Waals surface area contributed by atoms with Crippen LogP contribution in [-0.2, 0) is 10.2 Å². The minimum absolute atomic E-state index is 0.0451. The normalized spacial score (nSPS) is 18.2. The summed E-state index contributed by atoms with van der Waals surface area (Å²) in [5.74, 6) is 1.23. The second-order valence-corrected chi connectivity index (χ2v) is 6.48. The maximum absolute atomic E-state index is 11.9. The summed E-state index contributed by atoms with van der Waals surface area (Å²) in [6.45, 7) is 0.983.